The average molecular weight is 298 g/mol. The highest BCUT2D eigenvalue weighted by Crippen LogP contribution is 2.13. The molecule has 0 fully saturated rings. The summed E-state index contributed by atoms with van der Waals surface area (Å²) in [6.07, 6.45) is -0.0555. The topological polar surface area (TPSA) is 109 Å². The normalized spacial score (nSPS) is 10.0. The Balaban J connectivity index is 2.07. The van der Waals surface area contributed by atoms with Gasteiger partial charge in [-0.25, -0.2) is 4.79 Å². The molecule has 22 heavy (non-hydrogen) atoms. The highest BCUT2D eigenvalue weighted by Gasteiger charge is 2.12. The van der Waals surface area contributed by atoms with Gasteiger partial charge in [0.05, 0.1) is 12.0 Å². The molecule has 0 saturated carbocycles. The van der Waals surface area contributed by atoms with Crippen LogP contribution >= 0.6 is 0 Å². The van der Waals surface area contributed by atoms with Gasteiger partial charge in [0, 0.05) is 11.3 Å². The molecule has 0 aliphatic rings. The van der Waals surface area contributed by atoms with Crippen molar-refractivity contribution in [2.75, 3.05) is 5.32 Å². The molecule has 2 rings (SSSR count). The summed E-state index contributed by atoms with van der Waals surface area (Å²) < 4.78 is 0. The second-order valence-corrected chi connectivity index (χ2v) is 4.63. The van der Waals surface area contributed by atoms with E-state index in [1.54, 1.807) is 30.3 Å². The lowest BCUT2D eigenvalue weighted by molar-refractivity contribution is -0.115. The molecule has 0 unspecified atom stereocenters. The van der Waals surface area contributed by atoms with Crippen molar-refractivity contribution in [1.82, 2.24) is 0 Å². The van der Waals surface area contributed by atoms with E-state index in [1.807, 2.05) is 0 Å². The predicted molar refractivity (Wildman–Crippen MR) is 80.7 cm³/mol. The lowest BCUT2D eigenvalue weighted by Crippen LogP contribution is -2.17. The lowest BCUT2D eigenvalue weighted by Gasteiger charge is -2.08. The number of hydrogen-bond donors (Lipinski definition) is 3. The molecule has 0 spiro atoms. The van der Waals surface area contributed by atoms with Crippen molar-refractivity contribution < 1.29 is 19.5 Å². The van der Waals surface area contributed by atoms with Crippen molar-refractivity contribution in [2.45, 2.75) is 6.42 Å². The second kappa shape index (κ2) is 6.53. The van der Waals surface area contributed by atoms with Crippen LogP contribution in [0.4, 0.5) is 5.69 Å². The Bertz CT molecular complexity index is 723. The molecule has 0 aromatic heterocycles. The fourth-order valence-electron chi connectivity index (χ4n) is 1.98. The largest absolute Gasteiger partial charge is 0.478 e. The highest BCUT2D eigenvalue weighted by atomic mass is 16.4. The van der Waals surface area contributed by atoms with Crippen LogP contribution in [-0.2, 0) is 11.2 Å². The van der Waals surface area contributed by atoms with Crippen molar-refractivity contribution in [1.29, 1.82) is 0 Å². The number of amides is 2. The standard InChI is InChI=1S/C16H14N2O4/c17-15(20)10-5-7-12(8-6-10)18-14(19)9-11-3-1-2-4-13(11)16(21)22/h1-8H,9H2,(H2,17,20)(H,18,19)(H,21,22). The van der Waals surface area contributed by atoms with Crippen LogP contribution in [0.25, 0.3) is 0 Å². The molecule has 2 aromatic rings. The van der Waals surface area contributed by atoms with Gasteiger partial charge in [-0.3, -0.25) is 9.59 Å². The van der Waals surface area contributed by atoms with Crippen molar-refractivity contribution in [2.24, 2.45) is 5.73 Å². The first-order chi connectivity index (χ1) is 10.5. The van der Waals surface area contributed by atoms with Gasteiger partial charge in [0.25, 0.3) is 0 Å². The van der Waals surface area contributed by atoms with Crippen LogP contribution in [0.5, 0.6) is 0 Å². The minimum Gasteiger partial charge on any atom is -0.478 e. The maximum absolute atomic E-state index is 12.0. The zero-order valence-electron chi connectivity index (χ0n) is 11.6. The Morgan fingerprint density at radius 3 is 2.23 bits per heavy atom. The van der Waals surface area contributed by atoms with Crippen LogP contribution in [0.3, 0.4) is 0 Å². The van der Waals surface area contributed by atoms with Crippen LogP contribution in [0.2, 0.25) is 0 Å². The van der Waals surface area contributed by atoms with Gasteiger partial charge in [0.15, 0.2) is 0 Å². The van der Waals surface area contributed by atoms with E-state index < -0.39 is 11.9 Å². The van der Waals surface area contributed by atoms with Crippen LogP contribution in [0, 0.1) is 0 Å². The van der Waals surface area contributed by atoms with Crippen LogP contribution < -0.4 is 11.1 Å². The summed E-state index contributed by atoms with van der Waals surface area (Å²) in [7, 11) is 0. The Morgan fingerprint density at radius 2 is 1.64 bits per heavy atom. The van der Waals surface area contributed by atoms with Crippen LogP contribution in [-0.4, -0.2) is 22.9 Å². The highest BCUT2D eigenvalue weighted by molar-refractivity contribution is 5.97. The number of carbonyl (C=O) groups is 3. The summed E-state index contributed by atoms with van der Waals surface area (Å²) in [5, 5.41) is 11.7. The quantitative estimate of drug-likeness (QED) is 0.779. The third-order valence-corrected chi connectivity index (χ3v) is 3.05. The lowest BCUT2D eigenvalue weighted by atomic mass is 10.0. The molecule has 0 radical (unpaired) electrons. The molecule has 0 aliphatic carbocycles. The molecule has 0 bridgehead atoms. The Labute approximate surface area is 126 Å². The molecule has 0 heterocycles. The molecular weight excluding hydrogens is 284 g/mol. The predicted octanol–water partition coefficient (Wildman–Crippen LogP) is 1.66. The van der Waals surface area contributed by atoms with Gasteiger partial charge in [-0.05, 0) is 35.9 Å². The molecule has 2 amide bonds. The van der Waals surface area contributed by atoms with E-state index in [4.69, 9.17) is 10.8 Å². The molecule has 6 nitrogen and oxygen atoms in total. The van der Waals surface area contributed by atoms with Gasteiger partial charge in [0.1, 0.15) is 0 Å². The van der Waals surface area contributed by atoms with Gasteiger partial charge < -0.3 is 16.2 Å². The number of nitrogens with two attached hydrogens (primary N) is 1. The Morgan fingerprint density at radius 1 is 1.00 bits per heavy atom. The molecular formula is C16H14N2O4. The zero-order valence-corrected chi connectivity index (χ0v) is 11.6. The van der Waals surface area contributed by atoms with E-state index >= 15 is 0 Å². The number of carboxylic acids is 1. The minimum absolute atomic E-state index is 0.0555. The second-order valence-electron chi connectivity index (χ2n) is 4.63. The van der Waals surface area contributed by atoms with E-state index in [0.29, 0.717) is 16.8 Å². The Kier molecular flexibility index (Phi) is 4.53. The molecule has 0 aliphatic heterocycles. The third kappa shape index (κ3) is 3.69. The number of anilines is 1. The summed E-state index contributed by atoms with van der Waals surface area (Å²) in [5.41, 5.74) is 6.51. The molecule has 0 saturated heterocycles. The minimum atomic E-state index is -1.07. The van der Waals surface area contributed by atoms with Crippen molar-refractivity contribution in [3.8, 4) is 0 Å². The Hall–Kier alpha value is -3.15. The number of carbonyl (C=O) groups excluding carboxylic acids is 2. The van der Waals surface area contributed by atoms with Gasteiger partial charge in [-0.2, -0.15) is 0 Å². The number of benzene rings is 2. The van der Waals surface area contributed by atoms with Crippen LogP contribution in [0.15, 0.2) is 48.5 Å². The first-order valence-corrected chi connectivity index (χ1v) is 6.48. The van der Waals surface area contributed by atoms with Crippen molar-refractivity contribution in [3.05, 3.63) is 65.2 Å². The van der Waals surface area contributed by atoms with E-state index in [9.17, 15) is 14.4 Å². The maximum atomic E-state index is 12.0. The molecule has 0 atom stereocenters. The summed E-state index contributed by atoms with van der Waals surface area (Å²) in [6, 6.07) is 12.4. The van der Waals surface area contributed by atoms with E-state index in [0.717, 1.165) is 0 Å². The number of nitrogens with one attached hydrogen (secondary N) is 1. The molecule has 6 heteroatoms. The maximum Gasteiger partial charge on any atom is 0.335 e. The van der Waals surface area contributed by atoms with Crippen LogP contribution in [0.1, 0.15) is 26.3 Å². The van der Waals surface area contributed by atoms with Gasteiger partial charge >= 0.3 is 5.97 Å². The van der Waals surface area contributed by atoms with E-state index in [-0.39, 0.29) is 17.9 Å². The fraction of sp³-hybridized carbons (Fsp3) is 0.0625. The van der Waals surface area contributed by atoms with Gasteiger partial charge in [-0.15, -0.1) is 0 Å². The first-order valence-electron chi connectivity index (χ1n) is 6.48. The number of rotatable bonds is 5. The number of carboxylic acid groups (broad SMARTS) is 1. The molecule has 112 valence electrons. The molecule has 4 N–H and O–H groups in total. The van der Waals surface area contributed by atoms with Crippen molar-refractivity contribution in [3.63, 3.8) is 0 Å². The van der Waals surface area contributed by atoms with Crippen molar-refractivity contribution >= 4 is 23.5 Å². The summed E-state index contributed by atoms with van der Waals surface area (Å²) >= 11 is 0. The summed E-state index contributed by atoms with van der Waals surface area (Å²) in [5.74, 6) is -1.97. The smallest absolute Gasteiger partial charge is 0.335 e. The number of primary amides is 1. The van der Waals surface area contributed by atoms with E-state index in [1.165, 1.54) is 18.2 Å². The van der Waals surface area contributed by atoms with Gasteiger partial charge in [-0.1, -0.05) is 18.2 Å². The average Bonchev–Trinajstić information content (AvgIpc) is 2.48. The fourth-order valence-corrected chi connectivity index (χ4v) is 1.98. The monoisotopic (exact) mass is 298 g/mol. The first kappa shape index (κ1) is 15.2. The third-order valence-electron chi connectivity index (χ3n) is 3.05. The number of hydrogen-bond acceptors (Lipinski definition) is 3. The van der Waals surface area contributed by atoms with E-state index in [2.05, 4.69) is 5.32 Å². The molecule has 2 aromatic carbocycles. The summed E-state index contributed by atoms with van der Waals surface area (Å²) in [4.78, 5) is 34.0. The SMILES string of the molecule is NC(=O)c1ccc(NC(=O)Cc2ccccc2C(=O)O)cc1. The zero-order chi connectivity index (χ0) is 16.1. The summed E-state index contributed by atoms with van der Waals surface area (Å²) in [6.45, 7) is 0. The number of aromatic carboxylic acids is 1. The van der Waals surface area contributed by atoms with Gasteiger partial charge in [0.2, 0.25) is 11.8 Å².